The third kappa shape index (κ3) is 3.12. The van der Waals surface area contributed by atoms with Crippen molar-refractivity contribution in [3.63, 3.8) is 0 Å². The first-order chi connectivity index (χ1) is 13.0. The van der Waals surface area contributed by atoms with Crippen LogP contribution in [0.4, 0.5) is 0 Å². The van der Waals surface area contributed by atoms with Crippen LogP contribution in [0, 0.1) is 0 Å². The van der Waals surface area contributed by atoms with E-state index in [2.05, 4.69) is 10.3 Å². The SMILES string of the molecule is Cn1c(SCC(=O)N2CC(=O)NC(=O)C23CCCCC3)nc2ccccc21. The molecule has 1 saturated heterocycles. The van der Waals surface area contributed by atoms with Crippen LogP contribution in [0.25, 0.3) is 11.0 Å². The Balaban J connectivity index is 1.54. The second kappa shape index (κ2) is 6.99. The number of carbonyl (C=O) groups excluding carboxylic acids is 3. The smallest absolute Gasteiger partial charge is 0.252 e. The fourth-order valence-corrected chi connectivity index (χ4v) is 4.98. The number of amides is 3. The summed E-state index contributed by atoms with van der Waals surface area (Å²) in [6.45, 7) is -0.0479. The minimum atomic E-state index is -0.865. The first kappa shape index (κ1) is 18.0. The molecule has 1 saturated carbocycles. The number of imide groups is 1. The van der Waals surface area contributed by atoms with Gasteiger partial charge in [0, 0.05) is 7.05 Å². The molecular weight excluding hydrogens is 364 g/mol. The third-order valence-corrected chi connectivity index (χ3v) is 6.56. The van der Waals surface area contributed by atoms with Gasteiger partial charge in [-0.15, -0.1) is 0 Å². The van der Waals surface area contributed by atoms with Gasteiger partial charge in [0.1, 0.15) is 12.1 Å². The number of imidazole rings is 1. The van der Waals surface area contributed by atoms with Gasteiger partial charge in [0.25, 0.3) is 5.91 Å². The molecule has 2 aromatic rings. The highest BCUT2D eigenvalue weighted by atomic mass is 32.2. The number of rotatable bonds is 3. The van der Waals surface area contributed by atoms with Crippen molar-refractivity contribution in [2.75, 3.05) is 12.3 Å². The maximum absolute atomic E-state index is 13.0. The number of hydrogen-bond acceptors (Lipinski definition) is 5. The van der Waals surface area contributed by atoms with E-state index in [1.807, 2.05) is 35.9 Å². The molecule has 1 aromatic heterocycles. The Bertz CT molecular complexity index is 917. The van der Waals surface area contributed by atoms with Crippen LogP contribution in [-0.4, -0.2) is 50.0 Å². The summed E-state index contributed by atoms with van der Waals surface area (Å²) in [6.07, 6.45) is 4.08. The van der Waals surface area contributed by atoms with Gasteiger partial charge in [-0.1, -0.05) is 43.2 Å². The number of para-hydroxylation sites is 2. The Morgan fingerprint density at radius 1 is 1.22 bits per heavy atom. The molecule has 142 valence electrons. The Labute approximate surface area is 161 Å². The average Bonchev–Trinajstić information content (AvgIpc) is 3.00. The lowest BCUT2D eigenvalue weighted by molar-refractivity contribution is -0.158. The van der Waals surface area contributed by atoms with E-state index in [0.29, 0.717) is 12.8 Å². The first-order valence-electron chi connectivity index (χ1n) is 9.20. The number of fused-ring (bicyclic) bond motifs is 1. The minimum absolute atomic E-state index is 0.0479. The molecule has 0 atom stereocenters. The maximum Gasteiger partial charge on any atom is 0.252 e. The Morgan fingerprint density at radius 2 is 1.96 bits per heavy atom. The second-order valence-electron chi connectivity index (χ2n) is 7.18. The molecule has 1 aliphatic heterocycles. The van der Waals surface area contributed by atoms with Gasteiger partial charge >= 0.3 is 0 Å². The zero-order chi connectivity index (χ0) is 19.0. The van der Waals surface area contributed by atoms with E-state index in [1.165, 1.54) is 16.7 Å². The Morgan fingerprint density at radius 3 is 2.70 bits per heavy atom. The van der Waals surface area contributed by atoms with Gasteiger partial charge in [-0.3, -0.25) is 19.7 Å². The van der Waals surface area contributed by atoms with Gasteiger partial charge in [0.05, 0.1) is 16.8 Å². The molecule has 1 N–H and O–H groups in total. The number of nitrogens with zero attached hydrogens (tertiary/aromatic N) is 3. The fraction of sp³-hybridized carbons (Fsp3) is 0.474. The van der Waals surface area contributed by atoms with Crippen molar-refractivity contribution in [2.24, 2.45) is 7.05 Å². The lowest BCUT2D eigenvalue weighted by Gasteiger charge is -2.47. The van der Waals surface area contributed by atoms with Crippen LogP contribution < -0.4 is 5.32 Å². The van der Waals surface area contributed by atoms with Gasteiger partial charge in [-0.2, -0.15) is 0 Å². The lowest BCUT2D eigenvalue weighted by Crippen LogP contribution is -2.69. The molecule has 8 heteroatoms. The van der Waals surface area contributed by atoms with E-state index in [-0.39, 0.29) is 24.1 Å². The normalized spacial score (nSPS) is 19.5. The van der Waals surface area contributed by atoms with Crippen molar-refractivity contribution in [3.05, 3.63) is 24.3 Å². The number of aryl methyl sites for hydroxylation is 1. The van der Waals surface area contributed by atoms with Crippen LogP contribution in [0.3, 0.4) is 0 Å². The monoisotopic (exact) mass is 386 g/mol. The highest BCUT2D eigenvalue weighted by Crippen LogP contribution is 2.36. The van der Waals surface area contributed by atoms with Crippen molar-refractivity contribution in [1.82, 2.24) is 19.8 Å². The highest BCUT2D eigenvalue weighted by Gasteiger charge is 2.50. The van der Waals surface area contributed by atoms with Gasteiger partial charge < -0.3 is 9.47 Å². The van der Waals surface area contributed by atoms with E-state index >= 15 is 0 Å². The molecule has 3 amide bonds. The van der Waals surface area contributed by atoms with Crippen LogP contribution >= 0.6 is 11.8 Å². The topological polar surface area (TPSA) is 84.3 Å². The molecule has 4 rings (SSSR count). The van der Waals surface area contributed by atoms with E-state index in [4.69, 9.17) is 0 Å². The van der Waals surface area contributed by atoms with Crippen molar-refractivity contribution < 1.29 is 14.4 Å². The largest absolute Gasteiger partial charge is 0.322 e. The van der Waals surface area contributed by atoms with Crippen molar-refractivity contribution in [1.29, 1.82) is 0 Å². The summed E-state index contributed by atoms with van der Waals surface area (Å²) in [5.41, 5.74) is 1.02. The predicted octanol–water partition coefficient (Wildman–Crippen LogP) is 1.85. The van der Waals surface area contributed by atoms with Gasteiger partial charge in [-0.25, -0.2) is 4.98 Å². The summed E-state index contributed by atoms with van der Waals surface area (Å²) in [4.78, 5) is 43.6. The molecule has 1 spiro atoms. The average molecular weight is 386 g/mol. The maximum atomic E-state index is 13.0. The number of nitrogens with one attached hydrogen (secondary N) is 1. The predicted molar refractivity (Wildman–Crippen MR) is 102 cm³/mol. The number of thioether (sulfide) groups is 1. The molecule has 2 aliphatic rings. The zero-order valence-electron chi connectivity index (χ0n) is 15.2. The first-order valence-corrected chi connectivity index (χ1v) is 10.2. The van der Waals surface area contributed by atoms with Gasteiger partial charge in [0.2, 0.25) is 11.8 Å². The van der Waals surface area contributed by atoms with E-state index < -0.39 is 11.4 Å². The second-order valence-corrected chi connectivity index (χ2v) is 8.12. The summed E-state index contributed by atoms with van der Waals surface area (Å²) >= 11 is 1.34. The molecule has 1 aliphatic carbocycles. The van der Waals surface area contributed by atoms with Crippen molar-refractivity contribution in [2.45, 2.75) is 42.8 Å². The molecule has 0 bridgehead atoms. The molecule has 2 heterocycles. The summed E-state index contributed by atoms with van der Waals surface area (Å²) in [7, 11) is 1.92. The number of piperazine rings is 1. The van der Waals surface area contributed by atoms with Crippen molar-refractivity contribution in [3.8, 4) is 0 Å². The summed E-state index contributed by atoms with van der Waals surface area (Å²) in [5, 5.41) is 3.18. The lowest BCUT2D eigenvalue weighted by atomic mass is 9.78. The number of aromatic nitrogens is 2. The number of benzene rings is 1. The highest BCUT2D eigenvalue weighted by molar-refractivity contribution is 7.99. The molecule has 0 radical (unpaired) electrons. The van der Waals surface area contributed by atoms with E-state index in [0.717, 1.165) is 35.5 Å². The molecular formula is C19H22N4O3S. The van der Waals surface area contributed by atoms with E-state index in [1.54, 1.807) is 0 Å². The van der Waals surface area contributed by atoms with Crippen LogP contribution in [0.15, 0.2) is 29.4 Å². The molecule has 7 nitrogen and oxygen atoms in total. The van der Waals surface area contributed by atoms with Crippen LogP contribution in [0.2, 0.25) is 0 Å². The number of hydrogen-bond donors (Lipinski definition) is 1. The quantitative estimate of drug-likeness (QED) is 0.643. The minimum Gasteiger partial charge on any atom is -0.322 e. The molecule has 1 aromatic carbocycles. The summed E-state index contributed by atoms with van der Waals surface area (Å²) < 4.78 is 1.96. The van der Waals surface area contributed by atoms with Crippen LogP contribution in [-0.2, 0) is 21.4 Å². The Kier molecular flexibility index (Phi) is 4.67. The Hall–Kier alpha value is -2.35. The summed E-state index contributed by atoms with van der Waals surface area (Å²) in [5.74, 6) is -0.756. The standard InChI is InChI=1S/C19H22N4O3S/c1-22-14-8-4-3-7-13(14)20-18(22)27-12-16(25)23-11-15(24)21-17(26)19(23)9-5-2-6-10-19/h3-4,7-8H,2,5-6,9-12H2,1H3,(H,21,24,26). The third-order valence-electron chi connectivity index (χ3n) is 5.55. The van der Waals surface area contributed by atoms with E-state index in [9.17, 15) is 14.4 Å². The number of carbonyl (C=O) groups is 3. The van der Waals surface area contributed by atoms with Gasteiger partial charge in [0.15, 0.2) is 5.16 Å². The van der Waals surface area contributed by atoms with Crippen LogP contribution in [0.5, 0.6) is 0 Å². The van der Waals surface area contributed by atoms with Crippen molar-refractivity contribution >= 4 is 40.5 Å². The zero-order valence-corrected chi connectivity index (χ0v) is 16.1. The van der Waals surface area contributed by atoms with Crippen LogP contribution in [0.1, 0.15) is 32.1 Å². The summed E-state index contributed by atoms with van der Waals surface area (Å²) in [6, 6.07) is 7.80. The molecule has 2 fully saturated rings. The van der Waals surface area contributed by atoms with Gasteiger partial charge in [-0.05, 0) is 25.0 Å². The molecule has 0 unspecified atom stereocenters. The molecule has 27 heavy (non-hydrogen) atoms. The fourth-order valence-electron chi connectivity index (χ4n) is 4.12.